The second kappa shape index (κ2) is 6.93. The standard InChI is InChI=1S/C11H13ClN2OS2/c1-4-16-9(8(3)12)6-17-11-13-7(2)5-10(15)14-11/h4-5H,1,6H2,2-3H3,(H,13,14,15)/b9-8+. The van der Waals surface area contributed by atoms with Crippen molar-refractivity contribution in [3.05, 3.63) is 33.7 Å². The molecule has 0 bridgehead atoms. The van der Waals surface area contributed by atoms with Crippen molar-refractivity contribution in [2.24, 2.45) is 0 Å². The summed E-state index contributed by atoms with van der Waals surface area (Å²) in [5.74, 6) is 0.652. The number of aryl methyl sites for hydroxylation is 1. The Kier molecular flexibility index (Phi) is 5.88. The van der Waals surface area contributed by atoms with Gasteiger partial charge in [0.2, 0.25) is 5.88 Å². The van der Waals surface area contributed by atoms with Crippen LogP contribution in [-0.4, -0.2) is 20.8 Å². The Morgan fingerprint density at radius 2 is 2.29 bits per heavy atom. The lowest BCUT2D eigenvalue weighted by molar-refractivity contribution is 0.444. The summed E-state index contributed by atoms with van der Waals surface area (Å²) in [6, 6.07) is 1.52. The summed E-state index contributed by atoms with van der Waals surface area (Å²) in [5, 5.41) is 12.4. The van der Waals surface area contributed by atoms with E-state index < -0.39 is 0 Å². The lowest BCUT2D eigenvalue weighted by Crippen LogP contribution is -1.92. The number of halogens is 1. The average molecular weight is 289 g/mol. The summed E-state index contributed by atoms with van der Waals surface area (Å²) in [6.45, 7) is 7.30. The normalized spacial score (nSPS) is 12.2. The molecule has 6 heteroatoms. The van der Waals surface area contributed by atoms with Gasteiger partial charge in [0.1, 0.15) is 0 Å². The van der Waals surface area contributed by atoms with Crippen molar-refractivity contribution in [2.45, 2.75) is 19.0 Å². The molecule has 0 aliphatic heterocycles. The molecule has 0 saturated heterocycles. The minimum absolute atomic E-state index is 0.00972. The number of nitrogens with zero attached hydrogens (tertiary/aromatic N) is 2. The number of aromatic hydroxyl groups is 1. The molecule has 1 aromatic heterocycles. The Labute approximate surface area is 114 Å². The number of hydrogen-bond donors (Lipinski definition) is 1. The van der Waals surface area contributed by atoms with Crippen LogP contribution in [-0.2, 0) is 0 Å². The molecule has 0 spiro atoms. The fraction of sp³-hybridized carbons (Fsp3) is 0.273. The number of rotatable bonds is 5. The van der Waals surface area contributed by atoms with Crippen LogP contribution in [0.25, 0.3) is 0 Å². The minimum Gasteiger partial charge on any atom is -0.493 e. The summed E-state index contributed by atoms with van der Waals surface area (Å²) in [4.78, 5) is 9.16. The summed E-state index contributed by atoms with van der Waals surface area (Å²) in [5.41, 5.74) is 0.740. The van der Waals surface area contributed by atoms with Gasteiger partial charge in [0.15, 0.2) is 5.16 Å². The zero-order chi connectivity index (χ0) is 12.8. The number of thioether (sulfide) groups is 2. The number of aromatic nitrogens is 2. The lowest BCUT2D eigenvalue weighted by atomic mass is 10.4. The van der Waals surface area contributed by atoms with Gasteiger partial charge in [-0.2, -0.15) is 4.98 Å². The molecule has 0 radical (unpaired) electrons. The maximum absolute atomic E-state index is 9.35. The molecule has 0 unspecified atom stereocenters. The van der Waals surface area contributed by atoms with Crippen LogP contribution in [0.1, 0.15) is 12.6 Å². The van der Waals surface area contributed by atoms with E-state index in [1.54, 1.807) is 5.41 Å². The van der Waals surface area contributed by atoms with E-state index in [0.717, 1.165) is 15.6 Å². The fourth-order valence-corrected chi connectivity index (χ4v) is 2.97. The van der Waals surface area contributed by atoms with Crippen molar-refractivity contribution < 1.29 is 5.11 Å². The Bertz CT molecular complexity index is 425. The highest BCUT2D eigenvalue weighted by atomic mass is 35.5. The lowest BCUT2D eigenvalue weighted by Gasteiger charge is -2.05. The van der Waals surface area contributed by atoms with Crippen LogP contribution in [0.2, 0.25) is 0 Å². The van der Waals surface area contributed by atoms with Gasteiger partial charge in [-0.25, -0.2) is 4.98 Å². The van der Waals surface area contributed by atoms with E-state index >= 15 is 0 Å². The molecule has 92 valence electrons. The average Bonchev–Trinajstić information content (AvgIpc) is 2.22. The molecule has 0 atom stereocenters. The first-order valence-corrected chi connectivity index (χ1v) is 7.07. The Morgan fingerprint density at radius 1 is 1.59 bits per heavy atom. The van der Waals surface area contributed by atoms with Crippen LogP contribution in [0, 0.1) is 6.92 Å². The highest BCUT2D eigenvalue weighted by Gasteiger charge is 2.06. The van der Waals surface area contributed by atoms with Gasteiger partial charge in [-0.1, -0.05) is 29.9 Å². The van der Waals surface area contributed by atoms with Crippen LogP contribution in [0.3, 0.4) is 0 Å². The zero-order valence-corrected chi connectivity index (χ0v) is 12.0. The van der Waals surface area contributed by atoms with E-state index in [9.17, 15) is 5.11 Å². The predicted molar refractivity (Wildman–Crippen MR) is 75.5 cm³/mol. The largest absolute Gasteiger partial charge is 0.493 e. The van der Waals surface area contributed by atoms with E-state index in [1.165, 1.54) is 29.6 Å². The van der Waals surface area contributed by atoms with Gasteiger partial charge in [-0.05, 0) is 19.3 Å². The quantitative estimate of drug-likeness (QED) is 0.657. The third kappa shape index (κ3) is 5.02. The second-order valence-electron chi connectivity index (χ2n) is 3.18. The van der Waals surface area contributed by atoms with Gasteiger partial charge < -0.3 is 5.11 Å². The Hall–Kier alpha value is -0.650. The number of hydrogen-bond acceptors (Lipinski definition) is 5. The summed E-state index contributed by atoms with van der Waals surface area (Å²) < 4.78 is 0. The fourth-order valence-electron chi connectivity index (χ4n) is 1.04. The van der Waals surface area contributed by atoms with E-state index in [-0.39, 0.29) is 5.88 Å². The van der Waals surface area contributed by atoms with Gasteiger partial charge in [-0.3, -0.25) is 0 Å². The minimum atomic E-state index is -0.00972. The van der Waals surface area contributed by atoms with E-state index in [2.05, 4.69) is 16.5 Å². The van der Waals surface area contributed by atoms with Crippen molar-refractivity contribution in [3.8, 4) is 5.88 Å². The van der Waals surface area contributed by atoms with Crippen LogP contribution >= 0.6 is 35.1 Å². The highest BCUT2D eigenvalue weighted by molar-refractivity contribution is 8.07. The van der Waals surface area contributed by atoms with E-state index in [4.69, 9.17) is 11.6 Å². The number of allylic oxidation sites excluding steroid dienone is 1. The second-order valence-corrected chi connectivity index (χ2v) is 5.75. The first-order valence-electron chi connectivity index (χ1n) is 4.83. The third-order valence-electron chi connectivity index (χ3n) is 1.76. The van der Waals surface area contributed by atoms with Gasteiger partial charge in [0, 0.05) is 27.5 Å². The molecule has 0 fully saturated rings. The molecule has 1 aromatic rings. The molecular weight excluding hydrogens is 276 g/mol. The smallest absolute Gasteiger partial charge is 0.215 e. The molecule has 3 nitrogen and oxygen atoms in total. The van der Waals surface area contributed by atoms with Gasteiger partial charge in [-0.15, -0.1) is 11.8 Å². The molecule has 0 saturated carbocycles. The first kappa shape index (κ1) is 14.4. The van der Waals surface area contributed by atoms with Crippen molar-refractivity contribution in [3.63, 3.8) is 0 Å². The van der Waals surface area contributed by atoms with Crippen LogP contribution in [0.5, 0.6) is 5.88 Å². The van der Waals surface area contributed by atoms with Gasteiger partial charge >= 0.3 is 0 Å². The molecule has 0 aromatic carbocycles. The summed E-state index contributed by atoms with van der Waals surface area (Å²) >= 11 is 8.88. The van der Waals surface area contributed by atoms with Gasteiger partial charge in [0.05, 0.1) is 0 Å². The van der Waals surface area contributed by atoms with Crippen molar-refractivity contribution in [1.29, 1.82) is 0 Å². The Morgan fingerprint density at radius 3 is 2.82 bits per heavy atom. The Balaban J connectivity index is 2.72. The molecule has 0 aliphatic rings. The molecule has 0 aliphatic carbocycles. The monoisotopic (exact) mass is 288 g/mol. The topological polar surface area (TPSA) is 46.0 Å². The molecule has 0 amide bonds. The summed E-state index contributed by atoms with van der Waals surface area (Å²) in [6.07, 6.45) is 0. The van der Waals surface area contributed by atoms with E-state index in [0.29, 0.717) is 10.9 Å². The maximum atomic E-state index is 9.35. The third-order valence-corrected chi connectivity index (χ3v) is 4.06. The highest BCUT2D eigenvalue weighted by Crippen LogP contribution is 2.29. The van der Waals surface area contributed by atoms with Crippen molar-refractivity contribution in [2.75, 3.05) is 5.75 Å². The first-order chi connectivity index (χ1) is 8.02. The maximum Gasteiger partial charge on any atom is 0.215 e. The predicted octanol–water partition coefficient (Wildman–Crippen LogP) is 3.93. The summed E-state index contributed by atoms with van der Waals surface area (Å²) in [7, 11) is 0. The molecule has 1 N–H and O–H groups in total. The molecule has 17 heavy (non-hydrogen) atoms. The van der Waals surface area contributed by atoms with Crippen LogP contribution in [0.4, 0.5) is 0 Å². The van der Waals surface area contributed by atoms with E-state index in [1.807, 2.05) is 13.8 Å². The molecule has 1 heterocycles. The molecule has 1 rings (SSSR count). The van der Waals surface area contributed by atoms with Crippen LogP contribution < -0.4 is 0 Å². The van der Waals surface area contributed by atoms with Gasteiger partial charge in [0.25, 0.3) is 0 Å². The van der Waals surface area contributed by atoms with Crippen molar-refractivity contribution in [1.82, 2.24) is 9.97 Å². The zero-order valence-electron chi connectivity index (χ0n) is 9.61. The van der Waals surface area contributed by atoms with Crippen LogP contribution in [0.15, 0.2) is 33.1 Å². The van der Waals surface area contributed by atoms with Crippen molar-refractivity contribution >= 4 is 35.1 Å². The molecular formula is C11H13ClN2OS2. The SMILES string of the molecule is C=CS/C(CSc1nc(C)cc(O)n1)=C(\C)Cl.